The van der Waals surface area contributed by atoms with Crippen molar-refractivity contribution in [2.24, 2.45) is 17.8 Å². The first-order valence-corrected chi connectivity index (χ1v) is 6.96. The number of carboxylic acid groups (broad SMARTS) is 1. The second-order valence-electron chi connectivity index (χ2n) is 5.67. The van der Waals surface area contributed by atoms with Gasteiger partial charge < -0.3 is 10.2 Å². The Morgan fingerprint density at radius 1 is 1.32 bits per heavy atom. The van der Waals surface area contributed by atoms with Gasteiger partial charge in [0.15, 0.2) is 0 Å². The lowest BCUT2D eigenvalue weighted by Gasteiger charge is -2.37. The van der Waals surface area contributed by atoms with E-state index >= 15 is 0 Å². The van der Waals surface area contributed by atoms with E-state index < -0.39 is 17.5 Å². The maximum atomic E-state index is 11.6. The van der Waals surface area contributed by atoms with Crippen molar-refractivity contribution in [3.05, 3.63) is 34.9 Å². The van der Waals surface area contributed by atoms with Crippen molar-refractivity contribution in [2.75, 3.05) is 0 Å². The van der Waals surface area contributed by atoms with Gasteiger partial charge in [0.2, 0.25) is 0 Å². The maximum Gasteiger partial charge on any atom is 0.310 e. The summed E-state index contributed by atoms with van der Waals surface area (Å²) in [6, 6.07) is 6.87. The summed E-state index contributed by atoms with van der Waals surface area (Å²) in [6.45, 7) is 3.67. The molecule has 0 amide bonds. The minimum Gasteiger partial charge on any atom is -0.481 e. The van der Waals surface area contributed by atoms with Crippen LogP contribution in [0.5, 0.6) is 0 Å². The maximum absolute atomic E-state index is 11.6. The summed E-state index contributed by atoms with van der Waals surface area (Å²) >= 11 is 5.86. The van der Waals surface area contributed by atoms with Crippen LogP contribution in [0.2, 0.25) is 5.02 Å². The van der Waals surface area contributed by atoms with Gasteiger partial charge >= 0.3 is 5.97 Å². The predicted molar refractivity (Wildman–Crippen MR) is 74.0 cm³/mol. The van der Waals surface area contributed by atoms with Crippen LogP contribution in [0.15, 0.2) is 24.3 Å². The predicted octanol–water partition coefficient (Wildman–Crippen LogP) is 3.29. The van der Waals surface area contributed by atoms with Gasteiger partial charge in [0.25, 0.3) is 0 Å². The quantitative estimate of drug-likeness (QED) is 0.871. The molecule has 1 fully saturated rings. The molecule has 104 valence electrons. The minimum absolute atomic E-state index is 0.0252. The Hall–Kier alpha value is -1.06. The largest absolute Gasteiger partial charge is 0.481 e. The third kappa shape index (κ3) is 2.63. The van der Waals surface area contributed by atoms with E-state index in [1.54, 1.807) is 24.3 Å². The first kappa shape index (κ1) is 14.4. The van der Waals surface area contributed by atoms with Crippen molar-refractivity contribution in [2.45, 2.75) is 32.3 Å². The van der Waals surface area contributed by atoms with Crippen LogP contribution in [0.3, 0.4) is 0 Å². The van der Waals surface area contributed by atoms with Crippen LogP contribution >= 0.6 is 11.6 Å². The van der Waals surface area contributed by atoms with Gasteiger partial charge in [-0.25, -0.2) is 0 Å². The van der Waals surface area contributed by atoms with E-state index in [0.717, 1.165) is 12.8 Å². The van der Waals surface area contributed by atoms with Crippen LogP contribution in [-0.2, 0) is 10.4 Å². The lowest BCUT2D eigenvalue weighted by molar-refractivity contribution is -0.159. The average Bonchev–Trinajstić information content (AvgIpc) is 3.12. The molecule has 1 saturated carbocycles. The van der Waals surface area contributed by atoms with Gasteiger partial charge in [0.1, 0.15) is 5.60 Å². The lowest BCUT2D eigenvalue weighted by atomic mass is 9.72. The molecule has 3 nitrogen and oxygen atoms in total. The van der Waals surface area contributed by atoms with Crippen LogP contribution in [0.4, 0.5) is 0 Å². The molecule has 0 saturated heterocycles. The summed E-state index contributed by atoms with van der Waals surface area (Å²) in [4.78, 5) is 11.6. The number of aliphatic carboxylic acids is 1. The number of hydrogen-bond acceptors (Lipinski definition) is 2. The summed E-state index contributed by atoms with van der Waals surface area (Å²) < 4.78 is 0. The molecule has 0 aromatic heterocycles. The van der Waals surface area contributed by atoms with E-state index in [9.17, 15) is 15.0 Å². The Kier molecular flexibility index (Phi) is 3.88. The van der Waals surface area contributed by atoms with Gasteiger partial charge in [-0.3, -0.25) is 4.79 Å². The molecule has 1 aliphatic rings. The molecule has 0 heterocycles. The van der Waals surface area contributed by atoms with Gasteiger partial charge in [-0.15, -0.1) is 0 Å². The van der Waals surface area contributed by atoms with Gasteiger partial charge in [-0.05, 0) is 42.4 Å². The average molecular weight is 283 g/mol. The molecule has 0 radical (unpaired) electrons. The van der Waals surface area contributed by atoms with E-state index in [-0.39, 0.29) is 11.8 Å². The molecule has 0 aliphatic heterocycles. The zero-order valence-corrected chi connectivity index (χ0v) is 11.9. The minimum atomic E-state index is -1.30. The molecule has 19 heavy (non-hydrogen) atoms. The van der Waals surface area contributed by atoms with E-state index in [4.69, 9.17) is 11.6 Å². The van der Waals surface area contributed by atoms with Crippen molar-refractivity contribution in [3.8, 4) is 0 Å². The summed E-state index contributed by atoms with van der Waals surface area (Å²) in [7, 11) is 0. The molecular formula is C15H19ClO3. The highest BCUT2D eigenvalue weighted by molar-refractivity contribution is 6.30. The lowest BCUT2D eigenvalue weighted by Crippen LogP contribution is -2.44. The molecule has 2 unspecified atom stereocenters. The van der Waals surface area contributed by atoms with E-state index in [1.807, 2.05) is 13.8 Å². The molecule has 0 spiro atoms. The first-order chi connectivity index (χ1) is 8.87. The third-order valence-corrected chi connectivity index (χ3v) is 4.17. The molecule has 0 bridgehead atoms. The van der Waals surface area contributed by atoms with Crippen molar-refractivity contribution in [1.29, 1.82) is 0 Å². The van der Waals surface area contributed by atoms with Gasteiger partial charge in [0.05, 0.1) is 5.92 Å². The van der Waals surface area contributed by atoms with Gasteiger partial charge in [-0.2, -0.15) is 0 Å². The topological polar surface area (TPSA) is 57.5 Å². The van der Waals surface area contributed by atoms with Crippen LogP contribution in [0.1, 0.15) is 32.3 Å². The smallest absolute Gasteiger partial charge is 0.310 e. The molecule has 1 aromatic rings. The van der Waals surface area contributed by atoms with Crippen LogP contribution in [0, 0.1) is 17.8 Å². The zero-order chi connectivity index (χ0) is 14.2. The Bertz CT molecular complexity index is 465. The van der Waals surface area contributed by atoms with Crippen molar-refractivity contribution in [1.82, 2.24) is 0 Å². The molecule has 1 aromatic carbocycles. The summed E-state index contributed by atoms with van der Waals surface area (Å²) in [5.74, 6) is -1.86. The molecular weight excluding hydrogens is 264 g/mol. The second kappa shape index (κ2) is 5.14. The SMILES string of the molecule is CC(C)C(C(=O)O)C(O)(c1ccc(Cl)cc1)C1CC1. The van der Waals surface area contributed by atoms with E-state index in [1.165, 1.54) is 0 Å². The van der Waals surface area contributed by atoms with Gasteiger partial charge in [-0.1, -0.05) is 37.6 Å². The normalized spacial score (nSPS) is 20.1. The number of rotatable bonds is 5. The zero-order valence-electron chi connectivity index (χ0n) is 11.1. The van der Waals surface area contributed by atoms with Crippen molar-refractivity contribution in [3.63, 3.8) is 0 Å². The second-order valence-corrected chi connectivity index (χ2v) is 6.10. The van der Waals surface area contributed by atoms with E-state index in [0.29, 0.717) is 10.6 Å². The fraction of sp³-hybridized carbons (Fsp3) is 0.533. The molecule has 2 N–H and O–H groups in total. The van der Waals surface area contributed by atoms with Crippen LogP contribution in [-0.4, -0.2) is 16.2 Å². The fourth-order valence-corrected chi connectivity index (χ4v) is 3.02. The van der Waals surface area contributed by atoms with Crippen LogP contribution < -0.4 is 0 Å². The summed E-state index contributed by atoms with van der Waals surface area (Å²) in [6.07, 6.45) is 1.74. The highest BCUT2D eigenvalue weighted by atomic mass is 35.5. The van der Waals surface area contributed by atoms with Gasteiger partial charge in [0, 0.05) is 5.02 Å². The highest BCUT2D eigenvalue weighted by Gasteiger charge is 2.54. The number of benzene rings is 1. The molecule has 2 atom stereocenters. The first-order valence-electron chi connectivity index (χ1n) is 6.58. The standard InChI is InChI=1S/C15H19ClO3/c1-9(2)13(14(17)18)15(19,10-3-4-10)11-5-7-12(16)8-6-11/h5-10,13,19H,3-4H2,1-2H3,(H,17,18). The Balaban J connectivity index is 2.47. The molecule has 1 aliphatic carbocycles. The molecule has 2 rings (SSSR count). The highest BCUT2D eigenvalue weighted by Crippen LogP contribution is 2.51. The van der Waals surface area contributed by atoms with Crippen LogP contribution in [0.25, 0.3) is 0 Å². The number of aliphatic hydroxyl groups is 1. The number of carbonyl (C=O) groups is 1. The Morgan fingerprint density at radius 3 is 2.21 bits per heavy atom. The Morgan fingerprint density at radius 2 is 1.84 bits per heavy atom. The summed E-state index contributed by atoms with van der Waals surface area (Å²) in [5.41, 5.74) is -0.648. The number of carboxylic acids is 1. The molecule has 4 heteroatoms. The van der Waals surface area contributed by atoms with E-state index in [2.05, 4.69) is 0 Å². The summed E-state index contributed by atoms with van der Waals surface area (Å²) in [5, 5.41) is 21.2. The monoisotopic (exact) mass is 282 g/mol. The number of halogens is 1. The Labute approximate surface area is 118 Å². The fourth-order valence-electron chi connectivity index (χ4n) is 2.89. The third-order valence-electron chi connectivity index (χ3n) is 3.91. The number of hydrogen-bond donors (Lipinski definition) is 2. The van der Waals surface area contributed by atoms with Crippen molar-refractivity contribution < 1.29 is 15.0 Å². The van der Waals surface area contributed by atoms with Crippen molar-refractivity contribution >= 4 is 17.6 Å².